The number of anilines is 9. The fraction of sp³-hybridized carbons (Fsp3) is 0. The smallest absolute Gasteiger partial charge is 0.0709 e. The van der Waals surface area contributed by atoms with Crippen LogP contribution in [-0.4, -0.2) is 0 Å². The topological polar surface area (TPSA) is 9.72 Å². The number of rotatable bonds is 6. The van der Waals surface area contributed by atoms with Crippen molar-refractivity contribution in [2.24, 2.45) is 0 Å². The van der Waals surface area contributed by atoms with Gasteiger partial charge in [0.25, 0.3) is 0 Å². The van der Waals surface area contributed by atoms with Crippen molar-refractivity contribution in [2.75, 3.05) is 14.7 Å². The third kappa shape index (κ3) is 5.09. The zero-order chi connectivity index (χ0) is 32.6. The molecule has 0 aromatic heterocycles. The van der Waals surface area contributed by atoms with Crippen molar-refractivity contribution >= 4 is 62.0 Å². The highest BCUT2D eigenvalue weighted by Crippen LogP contribution is 2.54. The van der Waals surface area contributed by atoms with E-state index in [0.717, 1.165) is 62.3 Å². The van der Waals surface area contributed by atoms with Crippen molar-refractivity contribution in [3.8, 4) is 11.1 Å². The number of fused-ring (bicyclic) bond motifs is 3. The summed E-state index contributed by atoms with van der Waals surface area (Å²) in [6, 6.07) is 71.6. The molecule has 0 saturated carbocycles. The second-order valence-corrected chi connectivity index (χ2v) is 12.3. The van der Waals surface area contributed by atoms with E-state index < -0.39 is 0 Å². The van der Waals surface area contributed by atoms with Crippen LogP contribution in [0.4, 0.5) is 51.2 Å². The molecular weight excluding hydrogens is 595 g/mol. The minimum atomic E-state index is 1.11. The lowest BCUT2D eigenvalue weighted by molar-refractivity contribution is 1.17. The molecule has 0 amide bonds. The number of hydrogen-bond acceptors (Lipinski definition) is 3. The minimum absolute atomic E-state index is 1.11. The van der Waals surface area contributed by atoms with E-state index in [0.29, 0.717) is 0 Å². The molecule has 3 nitrogen and oxygen atoms in total. The number of benzene rings is 8. The molecule has 9 rings (SSSR count). The van der Waals surface area contributed by atoms with Gasteiger partial charge in [-0.1, -0.05) is 121 Å². The van der Waals surface area contributed by atoms with Crippen LogP contribution in [0.1, 0.15) is 0 Å². The average molecular weight is 628 g/mol. The van der Waals surface area contributed by atoms with Crippen LogP contribution in [0.3, 0.4) is 0 Å². The van der Waals surface area contributed by atoms with E-state index in [1.807, 2.05) is 0 Å². The monoisotopic (exact) mass is 627 g/mol. The van der Waals surface area contributed by atoms with E-state index in [2.05, 4.69) is 215 Å². The van der Waals surface area contributed by atoms with Crippen LogP contribution in [0.25, 0.3) is 21.9 Å². The lowest BCUT2D eigenvalue weighted by atomic mass is 9.99. The summed E-state index contributed by atoms with van der Waals surface area (Å²) in [7, 11) is 0. The van der Waals surface area contributed by atoms with E-state index in [-0.39, 0.29) is 0 Å². The van der Waals surface area contributed by atoms with Gasteiger partial charge in [-0.2, -0.15) is 0 Å². The molecule has 0 radical (unpaired) electrons. The van der Waals surface area contributed by atoms with E-state index in [1.165, 1.54) is 10.8 Å². The molecule has 1 aliphatic rings. The first-order valence-electron chi connectivity index (χ1n) is 16.7. The molecule has 49 heavy (non-hydrogen) atoms. The molecule has 0 saturated heterocycles. The van der Waals surface area contributed by atoms with Gasteiger partial charge < -0.3 is 14.7 Å². The van der Waals surface area contributed by atoms with Crippen LogP contribution < -0.4 is 14.7 Å². The van der Waals surface area contributed by atoms with Crippen molar-refractivity contribution in [3.63, 3.8) is 0 Å². The van der Waals surface area contributed by atoms with Crippen molar-refractivity contribution < 1.29 is 0 Å². The number of nitrogens with zero attached hydrogens (tertiary/aromatic N) is 3. The molecule has 0 fully saturated rings. The molecule has 1 aliphatic heterocycles. The predicted molar refractivity (Wildman–Crippen MR) is 207 cm³/mol. The van der Waals surface area contributed by atoms with Gasteiger partial charge in [0.1, 0.15) is 0 Å². The van der Waals surface area contributed by atoms with Crippen LogP contribution in [0.2, 0.25) is 0 Å². The Bertz CT molecular complexity index is 2380. The van der Waals surface area contributed by atoms with Crippen molar-refractivity contribution in [1.82, 2.24) is 0 Å². The van der Waals surface area contributed by atoms with E-state index in [4.69, 9.17) is 0 Å². The Morgan fingerprint density at radius 2 is 0.816 bits per heavy atom. The van der Waals surface area contributed by atoms with Gasteiger partial charge in [0.15, 0.2) is 0 Å². The SMILES string of the molecule is c1ccc(N2c3ccccc3N(c3ccccc3)c3cc(-c4ccc(N(c5ccccc5)c5cccc6ccccc56)cc4)ccc32)cc1. The van der Waals surface area contributed by atoms with E-state index in [1.54, 1.807) is 0 Å². The van der Waals surface area contributed by atoms with E-state index in [9.17, 15) is 0 Å². The van der Waals surface area contributed by atoms with Crippen molar-refractivity contribution in [3.05, 3.63) is 200 Å². The Morgan fingerprint density at radius 3 is 1.49 bits per heavy atom. The summed E-state index contributed by atoms with van der Waals surface area (Å²) in [5, 5.41) is 2.44. The molecule has 0 aliphatic carbocycles. The molecule has 0 bridgehead atoms. The second kappa shape index (κ2) is 12.2. The fourth-order valence-electron chi connectivity index (χ4n) is 7.09. The molecule has 0 atom stereocenters. The fourth-order valence-corrected chi connectivity index (χ4v) is 7.09. The highest BCUT2D eigenvalue weighted by atomic mass is 15.3. The maximum atomic E-state index is 2.39. The summed E-state index contributed by atoms with van der Waals surface area (Å²) in [5.41, 5.74) is 12.5. The van der Waals surface area contributed by atoms with Gasteiger partial charge >= 0.3 is 0 Å². The van der Waals surface area contributed by atoms with Gasteiger partial charge in [-0.05, 0) is 95.4 Å². The maximum Gasteiger partial charge on any atom is 0.0709 e. The summed E-state index contributed by atoms with van der Waals surface area (Å²) in [6.07, 6.45) is 0. The maximum absolute atomic E-state index is 2.39. The molecule has 0 unspecified atom stereocenters. The summed E-state index contributed by atoms with van der Waals surface area (Å²) in [5.74, 6) is 0. The molecule has 232 valence electrons. The van der Waals surface area contributed by atoms with Crippen LogP contribution in [0, 0.1) is 0 Å². The van der Waals surface area contributed by atoms with Gasteiger partial charge in [0.2, 0.25) is 0 Å². The molecule has 8 aromatic carbocycles. The minimum Gasteiger partial charge on any atom is -0.310 e. The zero-order valence-corrected chi connectivity index (χ0v) is 26.9. The number of hydrogen-bond donors (Lipinski definition) is 0. The Labute approximate surface area is 287 Å². The summed E-state index contributed by atoms with van der Waals surface area (Å²) in [6.45, 7) is 0. The number of para-hydroxylation sites is 5. The molecule has 0 spiro atoms. The molecule has 0 N–H and O–H groups in total. The quantitative estimate of drug-likeness (QED) is 0.182. The third-order valence-corrected chi connectivity index (χ3v) is 9.33. The predicted octanol–water partition coefficient (Wildman–Crippen LogP) is 13.2. The lowest BCUT2D eigenvalue weighted by Gasteiger charge is -2.40. The first kappa shape index (κ1) is 28.6. The largest absolute Gasteiger partial charge is 0.310 e. The van der Waals surface area contributed by atoms with E-state index >= 15 is 0 Å². The highest BCUT2D eigenvalue weighted by molar-refractivity contribution is 6.03. The molecule has 8 aromatic rings. The average Bonchev–Trinajstić information content (AvgIpc) is 3.18. The van der Waals surface area contributed by atoms with Crippen LogP contribution in [0.5, 0.6) is 0 Å². The standard InChI is InChI=1S/C46H33N3/c1-4-17-37(18-5-1)47(42-26-14-16-35-15-10-11-23-41(35)42)40-30-27-34(28-31-40)36-29-32-45-46(33-36)49(39-21-8-3-9-22-39)44-25-13-12-24-43(44)48(45)38-19-6-2-7-20-38/h1-33H. The van der Waals surface area contributed by atoms with Crippen LogP contribution in [0.15, 0.2) is 200 Å². The Kier molecular flexibility index (Phi) is 7.14. The Hall–Kier alpha value is -6.58. The second-order valence-electron chi connectivity index (χ2n) is 12.3. The van der Waals surface area contributed by atoms with Gasteiger partial charge in [0, 0.05) is 28.1 Å². The molecule has 3 heteroatoms. The first-order chi connectivity index (χ1) is 24.3. The Balaban J connectivity index is 1.17. The zero-order valence-electron chi connectivity index (χ0n) is 26.9. The highest BCUT2D eigenvalue weighted by Gasteiger charge is 2.30. The summed E-state index contributed by atoms with van der Waals surface area (Å²) < 4.78 is 0. The lowest BCUT2D eigenvalue weighted by Crippen LogP contribution is -2.24. The Morgan fingerprint density at radius 1 is 0.327 bits per heavy atom. The first-order valence-corrected chi connectivity index (χ1v) is 16.7. The van der Waals surface area contributed by atoms with Gasteiger partial charge in [-0.25, -0.2) is 0 Å². The van der Waals surface area contributed by atoms with Gasteiger partial charge in [0.05, 0.1) is 28.4 Å². The van der Waals surface area contributed by atoms with Crippen LogP contribution >= 0.6 is 0 Å². The summed E-state index contributed by atoms with van der Waals surface area (Å²) >= 11 is 0. The summed E-state index contributed by atoms with van der Waals surface area (Å²) in [4.78, 5) is 7.11. The van der Waals surface area contributed by atoms with Crippen molar-refractivity contribution in [2.45, 2.75) is 0 Å². The molecule has 1 heterocycles. The third-order valence-electron chi connectivity index (χ3n) is 9.33. The van der Waals surface area contributed by atoms with Crippen molar-refractivity contribution in [1.29, 1.82) is 0 Å². The molecular formula is C46H33N3. The van der Waals surface area contributed by atoms with Crippen LogP contribution in [-0.2, 0) is 0 Å². The van der Waals surface area contributed by atoms with Gasteiger partial charge in [-0.3, -0.25) is 0 Å². The normalized spacial score (nSPS) is 12.0. The van der Waals surface area contributed by atoms with Gasteiger partial charge in [-0.15, -0.1) is 0 Å².